The number of halogens is 1. The molecule has 0 aliphatic rings. The Labute approximate surface area is 207 Å². The number of methoxy groups -OCH3 is 1. The van der Waals surface area contributed by atoms with E-state index < -0.39 is 0 Å². The van der Waals surface area contributed by atoms with Crippen molar-refractivity contribution in [3.8, 4) is 22.9 Å². The number of fused-ring (bicyclic) bond motifs is 1. The van der Waals surface area contributed by atoms with Gasteiger partial charge in [0.2, 0.25) is 0 Å². The van der Waals surface area contributed by atoms with Crippen LogP contribution in [0.15, 0.2) is 69.9 Å². The predicted octanol–water partition coefficient (Wildman–Crippen LogP) is 5.55. The zero-order chi connectivity index (χ0) is 24.1. The van der Waals surface area contributed by atoms with E-state index in [1.165, 1.54) is 5.56 Å². The van der Waals surface area contributed by atoms with Crippen molar-refractivity contribution >= 4 is 26.8 Å². The first-order chi connectivity index (χ1) is 16.5. The van der Waals surface area contributed by atoms with Gasteiger partial charge in [0, 0.05) is 5.56 Å². The van der Waals surface area contributed by atoms with Crippen LogP contribution in [0.3, 0.4) is 0 Å². The number of para-hydroxylation sites is 1. The van der Waals surface area contributed by atoms with Gasteiger partial charge in [0.1, 0.15) is 23.9 Å². The summed E-state index contributed by atoms with van der Waals surface area (Å²) in [7, 11) is 1.62. The van der Waals surface area contributed by atoms with Crippen LogP contribution in [0.1, 0.15) is 11.1 Å². The summed E-state index contributed by atoms with van der Waals surface area (Å²) in [6, 6.07) is 19.0. The molecule has 0 amide bonds. The van der Waals surface area contributed by atoms with E-state index in [2.05, 4.69) is 28.9 Å². The smallest absolute Gasteiger partial charge is 0.261 e. The second-order valence-corrected chi connectivity index (χ2v) is 8.85. The number of nitrogens with zero attached hydrogens (tertiary/aromatic N) is 2. The van der Waals surface area contributed by atoms with Gasteiger partial charge >= 0.3 is 0 Å². The average Bonchev–Trinajstić information content (AvgIpc) is 2.83. The highest BCUT2D eigenvalue weighted by Gasteiger charge is 2.13. The Bertz CT molecular complexity index is 1330. The average molecular weight is 523 g/mol. The SMILES string of the molecule is COc1ccc(-c2nc3ccccc3c(=O)n2CCOCCOc2c(C)cc(C)cc2Br)cc1. The maximum Gasteiger partial charge on any atom is 0.261 e. The molecule has 0 bridgehead atoms. The Kier molecular flexibility index (Phi) is 7.65. The fraction of sp³-hybridized carbons (Fsp3) is 0.259. The van der Waals surface area contributed by atoms with Gasteiger partial charge in [0.25, 0.3) is 5.56 Å². The fourth-order valence-electron chi connectivity index (χ4n) is 3.88. The second kappa shape index (κ2) is 10.8. The largest absolute Gasteiger partial charge is 0.497 e. The minimum atomic E-state index is -0.0875. The van der Waals surface area contributed by atoms with Gasteiger partial charge in [-0.3, -0.25) is 9.36 Å². The van der Waals surface area contributed by atoms with Gasteiger partial charge in [-0.25, -0.2) is 4.98 Å². The molecule has 3 aromatic carbocycles. The molecule has 4 aromatic rings. The van der Waals surface area contributed by atoms with E-state index in [-0.39, 0.29) is 5.56 Å². The molecule has 1 aromatic heterocycles. The zero-order valence-corrected chi connectivity index (χ0v) is 21.1. The van der Waals surface area contributed by atoms with Gasteiger partial charge in [0.15, 0.2) is 0 Å². The van der Waals surface area contributed by atoms with Crippen molar-refractivity contribution in [2.24, 2.45) is 0 Å². The van der Waals surface area contributed by atoms with E-state index in [9.17, 15) is 4.79 Å². The lowest BCUT2D eigenvalue weighted by Gasteiger charge is -2.15. The number of aryl methyl sites for hydroxylation is 2. The van der Waals surface area contributed by atoms with Crippen LogP contribution in [-0.2, 0) is 11.3 Å². The van der Waals surface area contributed by atoms with Crippen molar-refractivity contribution in [1.82, 2.24) is 9.55 Å². The van der Waals surface area contributed by atoms with Crippen molar-refractivity contribution in [3.05, 3.63) is 86.6 Å². The van der Waals surface area contributed by atoms with Gasteiger partial charge in [-0.2, -0.15) is 0 Å². The van der Waals surface area contributed by atoms with Crippen LogP contribution in [0.5, 0.6) is 11.5 Å². The van der Waals surface area contributed by atoms with Crippen LogP contribution in [0.2, 0.25) is 0 Å². The van der Waals surface area contributed by atoms with Gasteiger partial charge in [-0.05, 0) is 83.4 Å². The molecule has 0 fully saturated rings. The summed E-state index contributed by atoms with van der Waals surface area (Å²) >= 11 is 3.56. The van der Waals surface area contributed by atoms with Crippen LogP contribution in [0, 0.1) is 13.8 Å². The van der Waals surface area contributed by atoms with Crippen LogP contribution >= 0.6 is 15.9 Å². The van der Waals surface area contributed by atoms with Crippen LogP contribution < -0.4 is 15.0 Å². The molecule has 0 aliphatic carbocycles. The Hall–Kier alpha value is -3.16. The van der Waals surface area contributed by atoms with Crippen molar-refractivity contribution in [3.63, 3.8) is 0 Å². The molecule has 0 spiro atoms. The summed E-state index contributed by atoms with van der Waals surface area (Å²) in [6.07, 6.45) is 0. The monoisotopic (exact) mass is 522 g/mol. The molecule has 0 saturated heterocycles. The topological polar surface area (TPSA) is 62.6 Å². The van der Waals surface area contributed by atoms with Crippen LogP contribution in [0.4, 0.5) is 0 Å². The van der Waals surface area contributed by atoms with Crippen molar-refractivity contribution in [2.75, 3.05) is 26.9 Å². The molecule has 176 valence electrons. The molecule has 0 N–H and O–H groups in total. The number of benzene rings is 3. The quantitative estimate of drug-likeness (QED) is 0.270. The first-order valence-electron chi connectivity index (χ1n) is 11.1. The maximum absolute atomic E-state index is 13.3. The molecule has 0 atom stereocenters. The third kappa shape index (κ3) is 5.32. The van der Waals surface area contributed by atoms with Gasteiger partial charge in [0.05, 0.1) is 42.2 Å². The summed E-state index contributed by atoms with van der Waals surface area (Å²) in [4.78, 5) is 18.0. The number of hydrogen-bond acceptors (Lipinski definition) is 5. The number of hydrogen-bond donors (Lipinski definition) is 0. The summed E-state index contributed by atoms with van der Waals surface area (Å²) in [6.45, 7) is 5.64. The molecule has 34 heavy (non-hydrogen) atoms. The number of aromatic nitrogens is 2. The van der Waals surface area contributed by atoms with Crippen molar-refractivity contribution < 1.29 is 14.2 Å². The van der Waals surface area contributed by atoms with E-state index >= 15 is 0 Å². The van der Waals surface area contributed by atoms with E-state index in [0.29, 0.717) is 43.1 Å². The van der Waals surface area contributed by atoms with Crippen LogP contribution in [0.25, 0.3) is 22.3 Å². The molecular formula is C27H27BrN2O4. The predicted molar refractivity (Wildman–Crippen MR) is 138 cm³/mol. The summed E-state index contributed by atoms with van der Waals surface area (Å²) in [5, 5.41) is 0.586. The zero-order valence-electron chi connectivity index (χ0n) is 19.5. The third-order valence-electron chi connectivity index (χ3n) is 5.52. The molecule has 7 heteroatoms. The van der Waals surface area contributed by atoms with Gasteiger partial charge in [-0.1, -0.05) is 18.2 Å². The van der Waals surface area contributed by atoms with Crippen LogP contribution in [-0.4, -0.2) is 36.5 Å². The lowest BCUT2D eigenvalue weighted by atomic mass is 10.1. The highest BCUT2D eigenvalue weighted by molar-refractivity contribution is 9.10. The first kappa shape index (κ1) is 24.0. The summed E-state index contributed by atoms with van der Waals surface area (Å²) in [5.74, 6) is 2.17. The third-order valence-corrected chi connectivity index (χ3v) is 6.11. The van der Waals surface area contributed by atoms with Crippen molar-refractivity contribution in [1.29, 1.82) is 0 Å². The van der Waals surface area contributed by atoms with Crippen molar-refractivity contribution in [2.45, 2.75) is 20.4 Å². The molecular weight excluding hydrogens is 496 g/mol. The van der Waals surface area contributed by atoms with E-state index in [0.717, 1.165) is 27.1 Å². The fourth-order valence-corrected chi connectivity index (χ4v) is 4.67. The molecule has 4 rings (SSSR count). The van der Waals surface area contributed by atoms with Gasteiger partial charge in [-0.15, -0.1) is 0 Å². The molecule has 0 unspecified atom stereocenters. The highest BCUT2D eigenvalue weighted by Crippen LogP contribution is 2.30. The number of ether oxygens (including phenoxy) is 3. The minimum absolute atomic E-state index is 0.0875. The van der Waals surface area contributed by atoms with E-state index in [1.807, 2.05) is 55.5 Å². The Morgan fingerprint density at radius 2 is 1.74 bits per heavy atom. The molecule has 6 nitrogen and oxygen atoms in total. The summed E-state index contributed by atoms with van der Waals surface area (Å²) in [5.41, 5.74) is 3.67. The first-order valence-corrected chi connectivity index (χ1v) is 11.9. The highest BCUT2D eigenvalue weighted by atomic mass is 79.9. The molecule has 0 radical (unpaired) electrons. The Balaban J connectivity index is 1.47. The lowest BCUT2D eigenvalue weighted by molar-refractivity contribution is 0.0936. The Morgan fingerprint density at radius 1 is 0.971 bits per heavy atom. The molecule has 0 saturated carbocycles. The second-order valence-electron chi connectivity index (χ2n) is 7.99. The Morgan fingerprint density at radius 3 is 2.47 bits per heavy atom. The van der Waals surface area contributed by atoms with E-state index in [4.69, 9.17) is 19.2 Å². The molecule has 0 aliphatic heterocycles. The number of rotatable bonds is 9. The normalized spacial score (nSPS) is 11.1. The maximum atomic E-state index is 13.3. The standard InChI is InChI=1S/C27H27BrN2O4/c1-18-16-19(2)25(23(28)17-18)34-15-14-33-13-12-30-26(20-8-10-21(32-3)11-9-20)29-24-7-5-4-6-22(24)27(30)31/h4-11,16-17H,12-15H2,1-3H3. The van der Waals surface area contributed by atoms with E-state index in [1.54, 1.807) is 17.7 Å². The minimum Gasteiger partial charge on any atom is -0.497 e. The van der Waals surface area contributed by atoms with Gasteiger partial charge < -0.3 is 14.2 Å². The lowest BCUT2D eigenvalue weighted by Crippen LogP contribution is -2.26. The summed E-state index contributed by atoms with van der Waals surface area (Å²) < 4.78 is 19.6. The molecule has 1 heterocycles.